The fraction of sp³-hybridized carbons (Fsp3) is 0. The van der Waals surface area contributed by atoms with Crippen LogP contribution in [0.3, 0.4) is 0 Å². The van der Waals surface area contributed by atoms with Gasteiger partial charge in [-0.05, 0) is 18.2 Å². The molecule has 3 rings (SSSR count). The van der Waals surface area contributed by atoms with Crippen LogP contribution < -0.4 is 5.43 Å². The van der Waals surface area contributed by atoms with Crippen molar-refractivity contribution in [1.82, 2.24) is 0 Å². The highest BCUT2D eigenvalue weighted by atomic mass is 19.1. The van der Waals surface area contributed by atoms with Gasteiger partial charge in [0.25, 0.3) is 5.43 Å². The molecule has 3 aromatic rings. The van der Waals surface area contributed by atoms with Crippen LogP contribution in [0.25, 0.3) is 22.3 Å². The summed E-state index contributed by atoms with van der Waals surface area (Å²) in [6.07, 6.45) is 0. The zero-order valence-corrected chi connectivity index (χ0v) is 12.7. The third-order valence-electron chi connectivity index (χ3n) is 3.78. The van der Waals surface area contributed by atoms with Crippen molar-refractivity contribution in [1.29, 1.82) is 0 Å². The molecule has 126 valence electrons. The maximum absolute atomic E-state index is 14.1. The molecular formula is C19H12F2O4. The number of benzene rings is 2. The van der Waals surface area contributed by atoms with Crippen molar-refractivity contribution in [3.8, 4) is 39.5 Å². The molecule has 25 heavy (non-hydrogen) atoms. The second-order valence-corrected chi connectivity index (χ2v) is 5.31. The van der Waals surface area contributed by atoms with E-state index in [0.717, 1.165) is 18.2 Å². The first-order chi connectivity index (χ1) is 11.9. The number of hydrogen-bond donors (Lipinski definition) is 3. The standard InChI is InChI=1S/C19H12F2O4/c20-14-7-3-1-5-10(14)12-9-13(11-6-2-4-8-15(11)21)17(23)19(25)18(24)16(12)22/h1-9H,(H3,22,23,24,25). The minimum Gasteiger partial charge on any atom is -0.504 e. The van der Waals surface area contributed by atoms with E-state index in [9.17, 15) is 28.9 Å². The van der Waals surface area contributed by atoms with Crippen LogP contribution >= 0.6 is 0 Å². The van der Waals surface area contributed by atoms with Gasteiger partial charge in [-0.1, -0.05) is 36.4 Å². The van der Waals surface area contributed by atoms with Crippen LogP contribution in [0, 0.1) is 11.6 Å². The SMILES string of the molecule is O=c1c(O)c(-c2ccccc2F)cc(-c2ccccc2F)c(O)c1O. The van der Waals surface area contributed by atoms with E-state index in [1.807, 2.05) is 0 Å². The number of aromatic hydroxyl groups is 3. The summed E-state index contributed by atoms with van der Waals surface area (Å²) in [6, 6.07) is 11.7. The molecule has 0 aliphatic rings. The Labute approximate surface area is 140 Å². The van der Waals surface area contributed by atoms with Crippen LogP contribution in [0.15, 0.2) is 59.4 Å². The van der Waals surface area contributed by atoms with Crippen LogP contribution in [-0.2, 0) is 0 Å². The van der Waals surface area contributed by atoms with Crippen molar-refractivity contribution in [3.63, 3.8) is 0 Å². The van der Waals surface area contributed by atoms with E-state index in [-0.39, 0.29) is 22.3 Å². The maximum atomic E-state index is 14.1. The van der Waals surface area contributed by atoms with Gasteiger partial charge in [0.05, 0.1) is 0 Å². The van der Waals surface area contributed by atoms with E-state index in [1.165, 1.54) is 36.4 Å². The number of rotatable bonds is 2. The van der Waals surface area contributed by atoms with Crippen LogP contribution in [0.4, 0.5) is 8.78 Å². The van der Waals surface area contributed by atoms with E-state index in [0.29, 0.717) is 0 Å². The number of halogens is 2. The molecule has 0 bridgehead atoms. The van der Waals surface area contributed by atoms with Gasteiger partial charge in [0.2, 0.25) is 5.75 Å². The average molecular weight is 342 g/mol. The molecule has 0 aliphatic carbocycles. The number of hydrogen-bond acceptors (Lipinski definition) is 4. The largest absolute Gasteiger partial charge is 0.504 e. The summed E-state index contributed by atoms with van der Waals surface area (Å²) in [5.74, 6) is -4.48. The topological polar surface area (TPSA) is 77.8 Å². The summed E-state index contributed by atoms with van der Waals surface area (Å²) in [6.45, 7) is 0. The lowest BCUT2D eigenvalue weighted by Gasteiger charge is -2.06. The highest BCUT2D eigenvalue weighted by molar-refractivity contribution is 5.81. The summed E-state index contributed by atoms with van der Waals surface area (Å²) >= 11 is 0. The molecule has 3 N–H and O–H groups in total. The van der Waals surface area contributed by atoms with E-state index >= 15 is 0 Å². The van der Waals surface area contributed by atoms with Gasteiger partial charge < -0.3 is 15.3 Å². The second kappa shape index (κ2) is 6.24. The van der Waals surface area contributed by atoms with E-state index in [2.05, 4.69) is 0 Å². The zero-order chi connectivity index (χ0) is 18.1. The minimum atomic E-state index is -1.29. The fourth-order valence-electron chi connectivity index (χ4n) is 2.52. The molecule has 4 nitrogen and oxygen atoms in total. The molecule has 0 saturated carbocycles. The molecule has 0 aromatic heterocycles. The Bertz CT molecular complexity index is 1030. The van der Waals surface area contributed by atoms with Crippen molar-refractivity contribution in [2.24, 2.45) is 0 Å². The lowest BCUT2D eigenvalue weighted by Crippen LogP contribution is -1.97. The lowest BCUT2D eigenvalue weighted by molar-refractivity contribution is 0.397. The van der Waals surface area contributed by atoms with Crippen LogP contribution in [0.2, 0.25) is 0 Å². The summed E-state index contributed by atoms with van der Waals surface area (Å²) in [4.78, 5) is 12.1. The normalized spacial score (nSPS) is 10.6. The Morgan fingerprint density at radius 3 is 1.52 bits per heavy atom. The quantitative estimate of drug-likeness (QED) is 0.662. The molecule has 0 aliphatic heterocycles. The fourth-order valence-corrected chi connectivity index (χ4v) is 2.52. The van der Waals surface area contributed by atoms with Crippen molar-refractivity contribution >= 4 is 0 Å². The molecule has 3 aromatic carbocycles. The molecule has 6 heteroatoms. The lowest BCUT2D eigenvalue weighted by atomic mass is 10.0. The van der Waals surface area contributed by atoms with Crippen molar-refractivity contribution in [3.05, 3.63) is 76.5 Å². The molecule has 0 saturated heterocycles. The van der Waals surface area contributed by atoms with Gasteiger partial charge in [0.15, 0.2) is 11.5 Å². The first-order valence-electron chi connectivity index (χ1n) is 7.23. The van der Waals surface area contributed by atoms with Gasteiger partial charge in [0, 0.05) is 22.3 Å². The van der Waals surface area contributed by atoms with Crippen LogP contribution in [-0.4, -0.2) is 15.3 Å². The predicted molar refractivity (Wildman–Crippen MR) is 88.5 cm³/mol. The minimum absolute atomic E-state index is 0.122. The highest BCUT2D eigenvalue weighted by Gasteiger charge is 2.21. The molecule has 0 radical (unpaired) electrons. The summed E-state index contributed by atoms with van der Waals surface area (Å²) in [7, 11) is 0. The first-order valence-corrected chi connectivity index (χ1v) is 7.23. The zero-order valence-electron chi connectivity index (χ0n) is 12.7. The van der Waals surface area contributed by atoms with Gasteiger partial charge >= 0.3 is 0 Å². The Balaban J connectivity index is 2.47. The average Bonchev–Trinajstić information content (AvgIpc) is 2.69. The summed E-state index contributed by atoms with van der Waals surface area (Å²) < 4.78 is 28.2. The third-order valence-corrected chi connectivity index (χ3v) is 3.78. The molecule has 0 atom stereocenters. The van der Waals surface area contributed by atoms with Crippen molar-refractivity contribution in [2.75, 3.05) is 0 Å². The van der Waals surface area contributed by atoms with Crippen LogP contribution in [0.5, 0.6) is 17.2 Å². The van der Waals surface area contributed by atoms with Crippen molar-refractivity contribution in [2.45, 2.75) is 0 Å². The maximum Gasteiger partial charge on any atom is 0.266 e. The molecule has 0 fully saturated rings. The monoisotopic (exact) mass is 342 g/mol. The van der Waals surface area contributed by atoms with E-state index in [4.69, 9.17) is 0 Å². The van der Waals surface area contributed by atoms with Gasteiger partial charge in [-0.15, -0.1) is 0 Å². The van der Waals surface area contributed by atoms with E-state index < -0.39 is 34.3 Å². The molecule has 0 spiro atoms. The van der Waals surface area contributed by atoms with Gasteiger partial charge in [-0.3, -0.25) is 4.79 Å². The molecule has 0 amide bonds. The first kappa shape index (κ1) is 16.4. The Kier molecular flexibility index (Phi) is 4.10. The van der Waals surface area contributed by atoms with E-state index in [1.54, 1.807) is 0 Å². The predicted octanol–water partition coefficient (Wildman–Crippen LogP) is 3.78. The van der Waals surface area contributed by atoms with Gasteiger partial charge in [0.1, 0.15) is 11.6 Å². The Hall–Kier alpha value is -3.41. The molecule has 0 unspecified atom stereocenters. The second-order valence-electron chi connectivity index (χ2n) is 5.31. The van der Waals surface area contributed by atoms with Gasteiger partial charge in [-0.2, -0.15) is 0 Å². The Morgan fingerprint density at radius 2 is 1.04 bits per heavy atom. The molecule has 0 heterocycles. The van der Waals surface area contributed by atoms with Crippen LogP contribution in [0.1, 0.15) is 0 Å². The van der Waals surface area contributed by atoms with Gasteiger partial charge in [-0.25, -0.2) is 8.78 Å². The molecular weight excluding hydrogens is 330 g/mol. The third kappa shape index (κ3) is 2.78. The highest BCUT2D eigenvalue weighted by Crippen LogP contribution is 2.40. The van der Waals surface area contributed by atoms with Crippen molar-refractivity contribution < 1.29 is 24.1 Å². The smallest absolute Gasteiger partial charge is 0.266 e. The summed E-state index contributed by atoms with van der Waals surface area (Å²) in [5, 5.41) is 30.2. The Morgan fingerprint density at radius 1 is 0.600 bits per heavy atom. The summed E-state index contributed by atoms with van der Waals surface area (Å²) in [5.41, 5.74) is -2.09.